The van der Waals surface area contributed by atoms with Gasteiger partial charge in [-0.25, -0.2) is 4.98 Å². The Morgan fingerprint density at radius 2 is 1.90 bits per heavy atom. The van der Waals surface area contributed by atoms with Gasteiger partial charge in [-0.15, -0.1) is 10.2 Å². The van der Waals surface area contributed by atoms with Gasteiger partial charge in [-0.2, -0.15) is 13.2 Å². The zero-order valence-corrected chi connectivity index (χ0v) is 17.7. The minimum atomic E-state index is -4.60. The molecule has 2 aromatic heterocycles. The number of amides is 2. The molecule has 0 aliphatic carbocycles. The summed E-state index contributed by atoms with van der Waals surface area (Å²) in [6, 6.07) is 6.42. The molecule has 1 N–H and O–H groups in total. The maximum absolute atomic E-state index is 13.0. The molecule has 3 rings (SSSR count). The van der Waals surface area contributed by atoms with Crippen molar-refractivity contribution in [3.8, 4) is 0 Å². The summed E-state index contributed by atoms with van der Waals surface area (Å²) in [7, 11) is 1.40. The van der Waals surface area contributed by atoms with Gasteiger partial charge >= 0.3 is 6.18 Å². The maximum atomic E-state index is 13.0. The number of hydrogen-bond acceptors (Lipinski definition) is 6. The molecule has 3 aromatic rings. The number of para-hydroxylation sites is 1. The summed E-state index contributed by atoms with van der Waals surface area (Å²) in [5.74, 6) is -0.484. The monoisotopic (exact) mass is 452 g/mol. The largest absolute Gasteiger partial charge is 0.418 e. The van der Waals surface area contributed by atoms with Crippen molar-refractivity contribution >= 4 is 34.9 Å². The van der Waals surface area contributed by atoms with Crippen LogP contribution < -0.4 is 5.32 Å². The topological polar surface area (TPSA) is 92.5 Å². The molecular formula is C19H19F3N6O2S. The van der Waals surface area contributed by atoms with Gasteiger partial charge in [0.05, 0.1) is 23.5 Å². The SMILES string of the molecule is Cc1cc2nnc(SCC(=O)N(C)CC(=O)Nc3ccccc3C(F)(F)F)n2c(C)n1. The highest BCUT2D eigenvalue weighted by atomic mass is 32.2. The Labute approximate surface area is 179 Å². The molecule has 12 heteroatoms. The Morgan fingerprint density at radius 3 is 2.61 bits per heavy atom. The van der Waals surface area contributed by atoms with E-state index in [-0.39, 0.29) is 11.4 Å². The number of thioether (sulfide) groups is 1. The van der Waals surface area contributed by atoms with Crippen molar-refractivity contribution in [3.05, 3.63) is 47.4 Å². The summed E-state index contributed by atoms with van der Waals surface area (Å²) in [6.45, 7) is 3.24. The first-order chi connectivity index (χ1) is 14.6. The molecule has 0 unspecified atom stereocenters. The lowest BCUT2D eigenvalue weighted by Gasteiger charge is -2.18. The second kappa shape index (κ2) is 8.92. The van der Waals surface area contributed by atoms with Crippen LogP contribution in [0.5, 0.6) is 0 Å². The van der Waals surface area contributed by atoms with E-state index in [4.69, 9.17) is 0 Å². The van der Waals surface area contributed by atoms with Crippen LogP contribution in [0.1, 0.15) is 17.1 Å². The first-order valence-corrected chi connectivity index (χ1v) is 10.1. The van der Waals surface area contributed by atoms with Gasteiger partial charge in [0.1, 0.15) is 5.82 Å². The number of rotatable bonds is 6. The van der Waals surface area contributed by atoms with Crippen LogP contribution in [-0.2, 0) is 15.8 Å². The van der Waals surface area contributed by atoms with Crippen molar-refractivity contribution in [2.75, 3.05) is 24.7 Å². The number of nitrogens with one attached hydrogen (secondary N) is 1. The Morgan fingerprint density at radius 1 is 1.19 bits per heavy atom. The molecular weight excluding hydrogens is 433 g/mol. The van der Waals surface area contributed by atoms with E-state index in [2.05, 4.69) is 20.5 Å². The van der Waals surface area contributed by atoms with Gasteiger partial charge in [-0.05, 0) is 26.0 Å². The number of likely N-dealkylation sites (N-methyl/N-ethyl adjacent to an activating group) is 1. The molecule has 2 heterocycles. The molecule has 0 atom stereocenters. The smallest absolute Gasteiger partial charge is 0.336 e. The number of carbonyl (C=O) groups is 2. The molecule has 0 saturated carbocycles. The number of halogens is 3. The van der Waals surface area contributed by atoms with E-state index in [1.54, 1.807) is 17.4 Å². The molecule has 1 aromatic carbocycles. The molecule has 0 radical (unpaired) electrons. The molecule has 0 bridgehead atoms. The predicted molar refractivity (Wildman–Crippen MR) is 109 cm³/mol. The van der Waals surface area contributed by atoms with Crippen LogP contribution in [0, 0.1) is 13.8 Å². The molecule has 0 fully saturated rings. The van der Waals surface area contributed by atoms with Gasteiger partial charge in [-0.3, -0.25) is 14.0 Å². The number of anilines is 1. The van der Waals surface area contributed by atoms with Gasteiger partial charge in [0.15, 0.2) is 10.8 Å². The molecule has 0 aliphatic heterocycles. The summed E-state index contributed by atoms with van der Waals surface area (Å²) in [5.41, 5.74) is 0.0908. The summed E-state index contributed by atoms with van der Waals surface area (Å²) in [4.78, 5) is 30.1. The van der Waals surface area contributed by atoms with Crippen molar-refractivity contribution in [1.82, 2.24) is 24.5 Å². The molecule has 0 aliphatic rings. The van der Waals surface area contributed by atoms with Gasteiger partial charge in [-0.1, -0.05) is 23.9 Å². The van der Waals surface area contributed by atoms with Crippen molar-refractivity contribution < 1.29 is 22.8 Å². The van der Waals surface area contributed by atoms with E-state index < -0.39 is 30.1 Å². The fourth-order valence-corrected chi connectivity index (χ4v) is 3.79. The molecule has 31 heavy (non-hydrogen) atoms. The van der Waals surface area contributed by atoms with Crippen molar-refractivity contribution in [2.45, 2.75) is 25.2 Å². The van der Waals surface area contributed by atoms with E-state index in [1.807, 2.05) is 6.92 Å². The van der Waals surface area contributed by atoms with Crippen LogP contribution in [0.2, 0.25) is 0 Å². The van der Waals surface area contributed by atoms with Crippen LogP contribution in [-0.4, -0.2) is 55.6 Å². The fourth-order valence-electron chi connectivity index (χ4n) is 2.87. The van der Waals surface area contributed by atoms with Crippen LogP contribution in [0.15, 0.2) is 35.5 Å². The van der Waals surface area contributed by atoms with Gasteiger partial charge in [0.25, 0.3) is 0 Å². The Bertz CT molecular complexity index is 1130. The Hall–Kier alpha value is -3.15. The number of aryl methyl sites for hydroxylation is 2. The average Bonchev–Trinajstić information content (AvgIpc) is 3.08. The quantitative estimate of drug-likeness (QED) is 0.578. The van der Waals surface area contributed by atoms with Gasteiger partial charge in [0, 0.05) is 18.8 Å². The lowest BCUT2D eigenvalue weighted by molar-refractivity contribution is -0.137. The minimum absolute atomic E-state index is 0.0307. The van der Waals surface area contributed by atoms with Crippen molar-refractivity contribution in [1.29, 1.82) is 0 Å². The van der Waals surface area contributed by atoms with E-state index in [1.165, 1.54) is 19.2 Å². The molecule has 8 nitrogen and oxygen atoms in total. The highest BCUT2D eigenvalue weighted by molar-refractivity contribution is 7.99. The second-order valence-electron chi connectivity index (χ2n) is 6.75. The number of alkyl halides is 3. The first kappa shape index (κ1) is 22.5. The Kier molecular flexibility index (Phi) is 6.48. The number of aromatic nitrogens is 4. The third-order valence-electron chi connectivity index (χ3n) is 4.30. The van der Waals surface area contributed by atoms with E-state index in [0.29, 0.717) is 16.6 Å². The zero-order chi connectivity index (χ0) is 22.8. The lowest BCUT2D eigenvalue weighted by Crippen LogP contribution is -2.36. The van der Waals surface area contributed by atoms with Crippen molar-refractivity contribution in [3.63, 3.8) is 0 Å². The van der Waals surface area contributed by atoms with Crippen LogP contribution >= 0.6 is 11.8 Å². The highest BCUT2D eigenvalue weighted by Crippen LogP contribution is 2.34. The van der Waals surface area contributed by atoms with Gasteiger partial charge in [0.2, 0.25) is 11.8 Å². The van der Waals surface area contributed by atoms with E-state index in [0.717, 1.165) is 34.5 Å². The molecule has 2 amide bonds. The molecule has 0 saturated heterocycles. The van der Waals surface area contributed by atoms with Gasteiger partial charge < -0.3 is 10.2 Å². The zero-order valence-electron chi connectivity index (χ0n) is 16.9. The first-order valence-electron chi connectivity index (χ1n) is 9.08. The average molecular weight is 452 g/mol. The van der Waals surface area contributed by atoms with Crippen LogP contribution in [0.25, 0.3) is 5.65 Å². The summed E-state index contributed by atoms with van der Waals surface area (Å²) in [5, 5.41) is 10.8. The lowest BCUT2D eigenvalue weighted by atomic mass is 10.1. The summed E-state index contributed by atoms with van der Waals surface area (Å²) < 4.78 is 40.9. The Balaban J connectivity index is 1.60. The van der Waals surface area contributed by atoms with Crippen LogP contribution in [0.3, 0.4) is 0 Å². The van der Waals surface area contributed by atoms with Crippen LogP contribution in [0.4, 0.5) is 18.9 Å². The maximum Gasteiger partial charge on any atom is 0.418 e. The van der Waals surface area contributed by atoms with E-state index >= 15 is 0 Å². The standard InChI is InChI=1S/C19H19F3N6O2S/c1-11-8-15-25-26-18(28(15)12(2)23-11)31-10-17(30)27(3)9-16(29)24-14-7-5-4-6-13(14)19(20,21)22/h4-8H,9-10H2,1-3H3,(H,24,29). The molecule has 164 valence electrons. The number of benzene rings is 1. The van der Waals surface area contributed by atoms with E-state index in [9.17, 15) is 22.8 Å². The number of fused-ring (bicyclic) bond motifs is 1. The minimum Gasteiger partial charge on any atom is -0.336 e. The fraction of sp³-hybridized carbons (Fsp3) is 0.316. The normalized spacial score (nSPS) is 11.5. The third kappa shape index (κ3) is 5.32. The summed E-state index contributed by atoms with van der Waals surface area (Å²) in [6.07, 6.45) is -4.60. The number of carbonyl (C=O) groups excluding carboxylic acids is 2. The number of hydrogen-bond donors (Lipinski definition) is 1. The third-order valence-corrected chi connectivity index (χ3v) is 5.21. The summed E-state index contributed by atoms with van der Waals surface area (Å²) >= 11 is 1.13. The predicted octanol–water partition coefficient (Wildman–Crippen LogP) is 2.95. The second-order valence-corrected chi connectivity index (χ2v) is 7.69. The van der Waals surface area contributed by atoms with Crippen molar-refractivity contribution in [2.24, 2.45) is 0 Å². The number of nitrogens with zero attached hydrogens (tertiary/aromatic N) is 5. The highest BCUT2D eigenvalue weighted by Gasteiger charge is 2.33. The molecule has 0 spiro atoms.